The first-order chi connectivity index (χ1) is 7.75. The molecule has 1 aromatic carbocycles. The van der Waals surface area contributed by atoms with Gasteiger partial charge in [-0.2, -0.15) is 0 Å². The molecule has 0 atom stereocenters. The smallest absolute Gasteiger partial charge is 0.306 e. The summed E-state index contributed by atoms with van der Waals surface area (Å²) in [4.78, 5) is 11.4. The van der Waals surface area contributed by atoms with Crippen LogP contribution in [-0.4, -0.2) is 12.6 Å². The number of esters is 1. The molecule has 0 saturated heterocycles. The van der Waals surface area contributed by atoms with Crippen molar-refractivity contribution >= 4 is 11.7 Å². The summed E-state index contributed by atoms with van der Waals surface area (Å²) in [6.45, 7) is 0.600. The fourth-order valence-corrected chi connectivity index (χ4v) is 1.57. The summed E-state index contributed by atoms with van der Waals surface area (Å²) < 4.78 is 5.15. The van der Waals surface area contributed by atoms with Gasteiger partial charge in [-0.15, -0.1) is 0 Å². The number of nitrogens with two attached hydrogens (primary N) is 1. The zero-order chi connectivity index (χ0) is 11.4. The highest BCUT2D eigenvalue weighted by Crippen LogP contribution is 2.28. The third-order valence-electron chi connectivity index (χ3n) is 2.83. The molecule has 86 valence electrons. The second-order valence-corrected chi connectivity index (χ2v) is 4.33. The Morgan fingerprint density at radius 3 is 2.81 bits per heavy atom. The zero-order valence-corrected chi connectivity index (χ0v) is 9.32. The monoisotopic (exact) mass is 219 g/mol. The van der Waals surface area contributed by atoms with Crippen LogP contribution in [0.4, 0.5) is 5.69 Å². The second-order valence-electron chi connectivity index (χ2n) is 4.33. The van der Waals surface area contributed by atoms with Crippen LogP contribution in [-0.2, 0) is 16.0 Å². The molecule has 1 aliphatic carbocycles. The van der Waals surface area contributed by atoms with Gasteiger partial charge in [-0.05, 0) is 36.8 Å². The minimum atomic E-state index is -0.116. The lowest BCUT2D eigenvalue weighted by Gasteiger charge is -2.05. The number of nitrogen functional groups attached to an aromatic ring is 1. The minimum Gasteiger partial charge on any atom is -0.465 e. The van der Waals surface area contributed by atoms with Gasteiger partial charge in [0.2, 0.25) is 0 Å². The molecule has 0 aromatic heterocycles. The number of hydrogen-bond donors (Lipinski definition) is 1. The van der Waals surface area contributed by atoms with Crippen LogP contribution >= 0.6 is 0 Å². The van der Waals surface area contributed by atoms with E-state index in [9.17, 15) is 4.79 Å². The fraction of sp³-hybridized carbons (Fsp3) is 0.462. The summed E-state index contributed by atoms with van der Waals surface area (Å²) in [5.74, 6) is 0.515. The highest BCUT2D eigenvalue weighted by Gasteiger charge is 2.22. The number of hydrogen-bond acceptors (Lipinski definition) is 3. The van der Waals surface area contributed by atoms with E-state index < -0.39 is 0 Å². The molecule has 0 radical (unpaired) electrons. The third-order valence-corrected chi connectivity index (χ3v) is 2.83. The molecular weight excluding hydrogens is 202 g/mol. The molecule has 0 amide bonds. The van der Waals surface area contributed by atoms with Gasteiger partial charge in [0.1, 0.15) is 0 Å². The molecule has 0 aliphatic heterocycles. The van der Waals surface area contributed by atoms with Crippen molar-refractivity contribution in [2.75, 3.05) is 12.3 Å². The number of anilines is 1. The van der Waals surface area contributed by atoms with Crippen LogP contribution in [0.3, 0.4) is 0 Å². The van der Waals surface area contributed by atoms with Gasteiger partial charge in [0, 0.05) is 12.1 Å². The molecule has 3 heteroatoms. The van der Waals surface area contributed by atoms with Crippen LogP contribution in [0.15, 0.2) is 24.3 Å². The summed E-state index contributed by atoms with van der Waals surface area (Å²) >= 11 is 0. The lowest BCUT2D eigenvalue weighted by Crippen LogP contribution is -2.08. The Bertz CT molecular complexity index is 372. The quantitative estimate of drug-likeness (QED) is 0.610. The van der Waals surface area contributed by atoms with E-state index in [2.05, 4.69) is 0 Å². The molecule has 1 aliphatic rings. The molecule has 0 heterocycles. The summed E-state index contributed by atoms with van der Waals surface area (Å²) in [5.41, 5.74) is 7.55. The summed E-state index contributed by atoms with van der Waals surface area (Å²) in [6, 6.07) is 7.62. The standard InChI is InChI=1S/C13H17NO2/c14-12-4-2-1-3-11(12)7-8-13(15)16-9-10-5-6-10/h1-4,10H,5-9,14H2. The SMILES string of the molecule is Nc1ccccc1CCC(=O)OCC1CC1. The normalized spacial score (nSPS) is 14.8. The average Bonchev–Trinajstić information content (AvgIpc) is 3.09. The Hall–Kier alpha value is -1.51. The van der Waals surface area contributed by atoms with E-state index in [1.54, 1.807) is 0 Å². The van der Waals surface area contributed by atoms with Crippen molar-refractivity contribution in [1.29, 1.82) is 0 Å². The van der Waals surface area contributed by atoms with E-state index in [1.807, 2.05) is 24.3 Å². The molecule has 0 bridgehead atoms. The Morgan fingerprint density at radius 2 is 2.12 bits per heavy atom. The van der Waals surface area contributed by atoms with Gasteiger partial charge in [-0.1, -0.05) is 18.2 Å². The Kier molecular flexibility index (Phi) is 3.44. The molecule has 0 unspecified atom stereocenters. The van der Waals surface area contributed by atoms with Crippen LogP contribution in [0.5, 0.6) is 0 Å². The first kappa shape index (κ1) is 11.0. The topological polar surface area (TPSA) is 52.3 Å². The van der Waals surface area contributed by atoms with Crippen LogP contribution in [0.2, 0.25) is 0 Å². The van der Waals surface area contributed by atoms with E-state index in [0.717, 1.165) is 11.3 Å². The van der Waals surface area contributed by atoms with Crippen molar-refractivity contribution in [2.24, 2.45) is 5.92 Å². The molecule has 1 aromatic rings. The van der Waals surface area contributed by atoms with Crippen LogP contribution < -0.4 is 5.73 Å². The number of aryl methyl sites for hydroxylation is 1. The predicted octanol–water partition coefficient (Wildman–Crippen LogP) is 2.15. The first-order valence-electron chi connectivity index (χ1n) is 5.74. The Labute approximate surface area is 95.6 Å². The van der Waals surface area contributed by atoms with E-state index >= 15 is 0 Å². The van der Waals surface area contributed by atoms with Crippen LogP contribution in [0.1, 0.15) is 24.8 Å². The van der Waals surface area contributed by atoms with E-state index in [-0.39, 0.29) is 5.97 Å². The number of para-hydroxylation sites is 1. The molecule has 1 fully saturated rings. The molecule has 3 nitrogen and oxygen atoms in total. The maximum atomic E-state index is 11.4. The first-order valence-corrected chi connectivity index (χ1v) is 5.74. The Morgan fingerprint density at radius 1 is 1.38 bits per heavy atom. The molecule has 0 spiro atoms. The maximum Gasteiger partial charge on any atom is 0.306 e. The molecule has 1 saturated carbocycles. The van der Waals surface area contributed by atoms with Gasteiger partial charge in [-0.3, -0.25) is 4.79 Å². The molecule has 2 N–H and O–H groups in total. The number of benzene rings is 1. The van der Waals surface area contributed by atoms with E-state index in [4.69, 9.17) is 10.5 Å². The number of rotatable bonds is 5. The average molecular weight is 219 g/mol. The van der Waals surface area contributed by atoms with Crippen molar-refractivity contribution in [3.05, 3.63) is 29.8 Å². The van der Waals surface area contributed by atoms with Crippen molar-refractivity contribution in [3.8, 4) is 0 Å². The van der Waals surface area contributed by atoms with Gasteiger partial charge < -0.3 is 10.5 Å². The van der Waals surface area contributed by atoms with Gasteiger partial charge in [0.05, 0.1) is 6.61 Å². The highest BCUT2D eigenvalue weighted by atomic mass is 16.5. The summed E-state index contributed by atoms with van der Waals surface area (Å²) in [5, 5.41) is 0. The lowest BCUT2D eigenvalue weighted by atomic mass is 10.1. The van der Waals surface area contributed by atoms with E-state index in [1.165, 1.54) is 12.8 Å². The molecule has 2 rings (SSSR count). The van der Waals surface area contributed by atoms with Gasteiger partial charge >= 0.3 is 5.97 Å². The van der Waals surface area contributed by atoms with E-state index in [0.29, 0.717) is 25.4 Å². The minimum absolute atomic E-state index is 0.116. The summed E-state index contributed by atoms with van der Waals surface area (Å²) in [6.07, 6.45) is 3.49. The predicted molar refractivity (Wildman–Crippen MR) is 62.9 cm³/mol. The second kappa shape index (κ2) is 5.01. The lowest BCUT2D eigenvalue weighted by molar-refractivity contribution is -0.144. The maximum absolute atomic E-state index is 11.4. The van der Waals surface area contributed by atoms with Crippen molar-refractivity contribution in [1.82, 2.24) is 0 Å². The van der Waals surface area contributed by atoms with Crippen molar-refractivity contribution in [2.45, 2.75) is 25.7 Å². The zero-order valence-electron chi connectivity index (χ0n) is 9.32. The number of ether oxygens (including phenoxy) is 1. The van der Waals surface area contributed by atoms with Gasteiger partial charge in [-0.25, -0.2) is 0 Å². The van der Waals surface area contributed by atoms with Crippen LogP contribution in [0, 0.1) is 5.92 Å². The molecular formula is C13H17NO2. The number of carbonyl (C=O) groups is 1. The fourth-order valence-electron chi connectivity index (χ4n) is 1.57. The summed E-state index contributed by atoms with van der Waals surface area (Å²) in [7, 11) is 0. The van der Waals surface area contributed by atoms with Crippen LogP contribution in [0.25, 0.3) is 0 Å². The molecule has 16 heavy (non-hydrogen) atoms. The third kappa shape index (κ3) is 3.26. The van der Waals surface area contributed by atoms with Gasteiger partial charge in [0.15, 0.2) is 0 Å². The van der Waals surface area contributed by atoms with Gasteiger partial charge in [0.25, 0.3) is 0 Å². The highest BCUT2D eigenvalue weighted by molar-refractivity contribution is 5.70. The Balaban J connectivity index is 1.73. The number of carbonyl (C=O) groups excluding carboxylic acids is 1. The van der Waals surface area contributed by atoms with Crippen molar-refractivity contribution < 1.29 is 9.53 Å². The largest absolute Gasteiger partial charge is 0.465 e. The van der Waals surface area contributed by atoms with Crippen molar-refractivity contribution in [3.63, 3.8) is 0 Å².